The zero-order valence-electron chi connectivity index (χ0n) is 11.9. The lowest BCUT2D eigenvalue weighted by Crippen LogP contribution is -2.29. The second kappa shape index (κ2) is 7.66. The molecule has 0 saturated heterocycles. The lowest BCUT2D eigenvalue weighted by molar-refractivity contribution is 0.0819. The van der Waals surface area contributed by atoms with E-state index < -0.39 is 23.1 Å². The molecule has 1 aliphatic rings. The highest BCUT2D eigenvalue weighted by Crippen LogP contribution is 2.17. The van der Waals surface area contributed by atoms with Gasteiger partial charge >= 0.3 is 0 Å². The molecule has 22 heavy (non-hydrogen) atoms. The van der Waals surface area contributed by atoms with E-state index in [0.717, 1.165) is 25.1 Å². The Morgan fingerprint density at radius 3 is 2.59 bits per heavy atom. The van der Waals surface area contributed by atoms with Gasteiger partial charge in [-0.3, -0.25) is 0 Å². The quantitative estimate of drug-likeness (QED) is 0.743. The summed E-state index contributed by atoms with van der Waals surface area (Å²) in [6.45, 7) is 1.14. The molecule has 0 amide bonds. The van der Waals surface area contributed by atoms with Crippen molar-refractivity contribution in [3.63, 3.8) is 0 Å². The molecule has 0 saturated carbocycles. The number of nitrogens with one attached hydrogen (secondary N) is 2. The number of ether oxygens (including phenoxy) is 1. The number of alkyl halides is 2. The Balaban J connectivity index is 1.95. The molecule has 1 aliphatic heterocycles. The Labute approximate surface area is 128 Å². The van der Waals surface area contributed by atoms with Gasteiger partial charge in [0, 0.05) is 13.1 Å². The minimum Gasteiger partial charge on any atom is -0.488 e. The van der Waals surface area contributed by atoms with E-state index in [-0.39, 0.29) is 17.2 Å². The van der Waals surface area contributed by atoms with Crippen LogP contribution < -0.4 is 14.8 Å². The van der Waals surface area contributed by atoms with Crippen LogP contribution in [-0.2, 0) is 10.0 Å². The van der Waals surface area contributed by atoms with Crippen LogP contribution in [0, 0.1) is 0 Å². The SMILES string of the molecule is O=S(=O)(NCC1=CCNCC1)c1ccc(OCC(F)F)cc1. The fraction of sp³-hybridized carbons (Fsp3) is 0.429. The standard InChI is InChI=1S/C14H18F2N2O3S/c15-14(16)10-21-12-1-3-13(4-2-12)22(19,20)18-9-11-5-7-17-8-6-11/h1-5,14,17-18H,6-10H2. The van der Waals surface area contributed by atoms with Crippen LogP contribution in [0.4, 0.5) is 8.78 Å². The van der Waals surface area contributed by atoms with Crippen LogP contribution in [0.5, 0.6) is 5.75 Å². The Hall–Kier alpha value is -1.51. The highest BCUT2D eigenvalue weighted by Gasteiger charge is 2.15. The third-order valence-corrected chi connectivity index (χ3v) is 4.57. The van der Waals surface area contributed by atoms with Gasteiger partial charge in [-0.05, 0) is 37.2 Å². The van der Waals surface area contributed by atoms with Crippen molar-refractivity contribution in [1.82, 2.24) is 10.0 Å². The molecule has 0 atom stereocenters. The number of rotatable bonds is 7. The first-order valence-corrected chi connectivity index (χ1v) is 8.35. The highest BCUT2D eigenvalue weighted by molar-refractivity contribution is 7.89. The summed E-state index contributed by atoms with van der Waals surface area (Å²) in [5, 5.41) is 3.15. The Kier molecular flexibility index (Phi) is 5.87. The molecule has 0 spiro atoms. The summed E-state index contributed by atoms with van der Waals surface area (Å²) in [7, 11) is -3.62. The van der Waals surface area contributed by atoms with Crippen molar-refractivity contribution in [3.05, 3.63) is 35.9 Å². The van der Waals surface area contributed by atoms with E-state index in [2.05, 4.69) is 10.0 Å². The summed E-state index contributed by atoms with van der Waals surface area (Å²) in [6, 6.07) is 5.39. The van der Waals surface area contributed by atoms with Crippen LogP contribution in [0.1, 0.15) is 6.42 Å². The normalized spacial score (nSPS) is 15.7. The van der Waals surface area contributed by atoms with Crippen molar-refractivity contribution in [3.8, 4) is 5.75 Å². The third kappa shape index (κ3) is 5.04. The van der Waals surface area contributed by atoms with Gasteiger partial charge in [-0.2, -0.15) is 0 Å². The molecule has 0 bridgehead atoms. The lowest BCUT2D eigenvalue weighted by Gasteiger charge is -2.15. The van der Waals surface area contributed by atoms with Crippen LogP contribution in [0.25, 0.3) is 0 Å². The fourth-order valence-corrected chi connectivity index (χ4v) is 3.01. The molecule has 1 heterocycles. The third-order valence-electron chi connectivity index (χ3n) is 3.16. The molecule has 2 rings (SSSR count). The summed E-state index contributed by atoms with van der Waals surface area (Å²) < 4.78 is 55.7. The van der Waals surface area contributed by atoms with Crippen molar-refractivity contribution < 1.29 is 21.9 Å². The van der Waals surface area contributed by atoms with Gasteiger partial charge in [0.15, 0.2) is 0 Å². The number of benzene rings is 1. The zero-order valence-corrected chi connectivity index (χ0v) is 12.7. The van der Waals surface area contributed by atoms with E-state index in [0.29, 0.717) is 0 Å². The average molecular weight is 332 g/mol. The number of halogens is 2. The van der Waals surface area contributed by atoms with E-state index in [9.17, 15) is 17.2 Å². The van der Waals surface area contributed by atoms with Crippen LogP contribution in [0.3, 0.4) is 0 Å². The molecule has 122 valence electrons. The molecule has 5 nitrogen and oxygen atoms in total. The van der Waals surface area contributed by atoms with Gasteiger partial charge in [-0.25, -0.2) is 21.9 Å². The highest BCUT2D eigenvalue weighted by atomic mass is 32.2. The van der Waals surface area contributed by atoms with E-state index >= 15 is 0 Å². The van der Waals surface area contributed by atoms with Crippen molar-refractivity contribution in [1.29, 1.82) is 0 Å². The van der Waals surface area contributed by atoms with E-state index in [1.165, 1.54) is 24.3 Å². The van der Waals surface area contributed by atoms with Crippen molar-refractivity contribution in [2.45, 2.75) is 17.7 Å². The van der Waals surface area contributed by atoms with Crippen LogP contribution >= 0.6 is 0 Å². The minimum absolute atomic E-state index is 0.0754. The van der Waals surface area contributed by atoms with Gasteiger partial charge in [0.05, 0.1) is 4.90 Å². The topological polar surface area (TPSA) is 67.4 Å². The van der Waals surface area contributed by atoms with E-state index in [1.807, 2.05) is 6.08 Å². The summed E-state index contributed by atoms with van der Waals surface area (Å²) in [5.74, 6) is 0.209. The Bertz CT molecular complexity index is 615. The van der Waals surface area contributed by atoms with Crippen molar-refractivity contribution in [2.75, 3.05) is 26.2 Å². The molecular formula is C14H18F2N2O3S. The van der Waals surface area contributed by atoms with Crippen LogP contribution in [0.15, 0.2) is 40.8 Å². The van der Waals surface area contributed by atoms with Crippen LogP contribution in [0.2, 0.25) is 0 Å². The second-order valence-corrected chi connectivity index (χ2v) is 6.58. The summed E-state index contributed by atoms with van der Waals surface area (Å²) in [6.07, 6.45) is 0.208. The molecule has 0 unspecified atom stereocenters. The molecule has 2 N–H and O–H groups in total. The molecule has 0 aliphatic carbocycles. The van der Waals surface area contributed by atoms with Gasteiger partial charge in [0.1, 0.15) is 12.4 Å². The molecule has 1 aromatic carbocycles. The monoisotopic (exact) mass is 332 g/mol. The summed E-state index contributed by atoms with van der Waals surface area (Å²) in [5.41, 5.74) is 1.04. The van der Waals surface area contributed by atoms with Gasteiger partial charge in [0.25, 0.3) is 6.43 Å². The van der Waals surface area contributed by atoms with Gasteiger partial charge in [-0.1, -0.05) is 11.6 Å². The summed E-state index contributed by atoms with van der Waals surface area (Å²) in [4.78, 5) is 0.0754. The first-order valence-electron chi connectivity index (χ1n) is 6.87. The van der Waals surface area contributed by atoms with Crippen molar-refractivity contribution in [2.24, 2.45) is 0 Å². The molecule has 8 heteroatoms. The Morgan fingerprint density at radius 2 is 2.00 bits per heavy atom. The van der Waals surface area contributed by atoms with Crippen LogP contribution in [-0.4, -0.2) is 41.1 Å². The lowest BCUT2D eigenvalue weighted by atomic mass is 10.1. The van der Waals surface area contributed by atoms with Gasteiger partial charge in [0.2, 0.25) is 10.0 Å². The van der Waals surface area contributed by atoms with Gasteiger partial charge in [-0.15, -0.1) is 0 Å². The number of hydrogen-bond acceptors (Lipinski definition) is 4. The fourth-order valence-electron chi connectivity index (χ4n) is 1.98. The molecule has 0 radical (unpaired) electrons. The predicted molar refractivity (Wildman–Crippen MR) is 78.7 cm³/mol. The zero-order chi connectivity index (χ0) is 16.0. The minimum atomic E-state index is -3.62. The summed E-state index contributed by atoms with van der Waals surface area (Å²) >= 11 is 0. The van der Waals surface area contributed by atoms with E-state index in [1.54, 1.807) is 0 Å². The van der Waals surface area contributed by atoms with Gasteiger partial charge < -0.3 is 10.1 Å². The predicted octanol–water partition coefficient (Wildman–Crippen LogP) is 1.53. The maximum absolute atomic E-state index is 12.1. The number of hydrogen-bond donors (Lipinski definition) is 2. The second-order valence-electron chi connectivity index (χ2n) is 4.81. The first kappa shape index (κ1) is 16.9. The maximum Gasteiger partial charge on any atom is 0.272 e. The maximum atomic E-state index is 12.1. The molecule has 0 fully saturated rings. The Morgan fingerprint density at radius 1 is 1.27 bits per heavy atom. The van der Waals surface area contributed by atoms with E-state index in [4.69, 9.17) is 4.74 Å². The first-order chi connectivity index (χ1) is 10.5. The average Bonchev–Trinajstić information content (AvgIpc) is 2.52. The molecule has 0 aromatic heterocycles. The largest absolute Gasteiger partial charge is 0.488 e. The molecule has 1 aromatic rings. The number of sulfonamides is 1. The smallest absolute Gasteiger partial charge is 0.272 e. The molecular weight excluding hydrogens is 314 g/mol. The van der Waals surface area contributed by atoms with Crippen molar-refractivity contribution >= 4 is 10.0 Å².